The monoisotopic (exact) mass is 298 g/mol. The number of hydrogen-bond acceptors (Lipinski definition) is 6. The molecule has 0 N–H and O–H groups in total. The van der Waals surface area contributed by atoms with Crippen LogP contribution in [0.5, 0.6) is 0 Å². The van der Waals surface area contributed by atoms with Gasteiger partial charge in [0.2, 0.25) is 5.82 Å². The molecule has 1 rings (SSSR count). The third-order valence-electron chi connectivity index (χ3n) is 3.21. The number of hydrogen-bond donors (Lipinski definition) is 0. The number of methoxy groups -OCH3 is 1. The SMILES string of the molecule is COC(=O)C(C)CN(C)c1c([N+](=O)[O-])c(C)nn1C(C)C. The molecule has 8 nitrogen and oxygen atoms in total. The number of ether oxygens (including phenoxy) is 1. The van der Waals surface area contributed by atoms with Crippen LogP contribution in [0, 0.1) is 23.0 Å². The molecule has 0 saturated heterocycles. The van der Waals surface area contributed by atoms with Crippen molar-refractivity contribution in [2.45, 2.75) is 33.7 Å². The summed E-state index contributed by atoms with van der Waals surface area (Å²) in [6, 6.07) is -0.0247. The summed E-state index contributed by atoms with van der Waals surface area (Å²) in [6.07, 6.45) is 0. The number of anilines is 1. The Morgan fingerprint density at radius 3 is 2.48 bits per heavy atom. The molecule has 0 saturated carbocycles. The Balaban J connectivity index is 3.20. The number of nitrogens with zero attached hydrogens (tertiary/aromatic N) is 4. The highest BCUT2D eigenvalue weighted by Crippen LogP contribution is 2.33. The van der Waals surface area contributed by atoms with E-state index in [2.05, 4.69) is 9.84 Å². The van der Waals surface area contributed by atoms with Gasteiger partial charge in [-0.3, -0.25) is 14.9 Å². The van der Waals surface area contributed by atoms with Crippen molar-refractivity contribution in [2.75, 3.05) is 25.6 Å². The second kappa shape index (κ2) is 6.55. The summed E-state index contributed by atoms with van der Waals surface area (Å²) in [5.41, 5.74) is 0.338. The largest absolute Gasteiger partial charge is 0.469 e. The van der Waals surface area contributed by atoms with Gasteiger partial charge in [0, 0.05) is 19.6 Å². The quantitative estimate of drug-likeness (QED) is 0.453. The van der Waals surface area contributed by atoms with E-state index in [1.54, 1.807) is 30.5 Å². The molecule has 118 valence electrons. The summed E-state index contributed by atoms with van der Waals surface area (Å²) in [5, 5.41) is 15.5. The number of rotatable bonds is 6. The lowest BCUT2D eigenvalue weighted by Crippen LogP contribution is -2.31. The third-order valence-corrected chi connectivity index (χ3v) is 3.21. The highest BCUT2D eigenvalue weighted by atomic mass is 16.6. The third kappa shape index (κ3) is 3.50. The van der Waals surface area contributed by atoms with Gasteiger partial charge in [-0.05, 0) is 20.8 Å². The molecule has 1 heterocycles. The van der Waals surface area contributed by atoms with E-state index in [-0.39, 0.29) is 17.7 Å². The molecule has 1 aromatic heterocycles. The second-order valence-electron chi connectivity index (χ2n) is 5.36. The molecule has 1 unspecified atom stereocenters. The first-order valence-corrected chi connectivity index (χ1v) is 6.73. The molecule has 0 aromatic carbocycles. The molecule has 8 heteroatoms. The van der Waals surface area contributed by atoms with Crippen molar-refractivity contribution in [1.82, 2.24) is 9.78 Å². The molecule has 0 fully saturated rings. The topological polar surface area (TPSA) is 90.5 Å². The molecule has 0 radical (unpaired) electrons. The second-order valence-corrected chi connectivity index (χ2v) is 5.36. The van der Waals surface area contributed by atoms with E-state index in [9.17, 15) is 14.9 Å². The maximum Gasteiger partial charge on any atom is 0.333 e. The van der Waals surface area contributed by atoms with E-state index in [1.807, 2.05) is 13.8 Å². The molecule has 0 amide bonds. The van der Waals surface area contributed by atoms with E-state index in [0.29, 0.717) is 18.1 Å². The normalized spacial score (nSPS) is 12.3. The first-order valence-electron chi connectivity index (χ1n) is 6.73. The molecule has 1 atom stereocenters. The Hall–Kier alpha value is -2.12. The van der Waals surface area contributed by atoms with Gasteiger partial charge < -0.3 is 9.64 Å². The molecule has 21 heavy (non-hydrogen) atoms. The van der Waals surface area contributed by atoms with Crippen LogP contribution in [0.3, 0.4) is 0 Å². The standard InChI is InChI=1S/C13H22N4O4/c1-8(2)16-12(11(17(19)20)10(4)14-16)15(5)7-9(3)13(18)21-6/h8-9H,7H2,1-6H3. The van der Waals surface area contributed by atoms with Crippen LogP contribution in [0.15, 0.2) is 0 Å². The van der Waals surface area contributed by atoms with E-state index in [0.717, 1.165) is 0 Å². The average molecular weight is 298 g/mol. The summed E-state index contributed by atoms with van der Waals surface area (Å²) in [6.45, 7) is 7.44. The number of esters is 1. The first kappa shape index (κ1) is 16.9. The van der Waals surface area contributed by atoms with Gasteiger partial charge in [-0.25, -0.2) is 4.68 Å². The van der Waals surface area contributed by atoms with Gasteiger partial charge in [0.05, 0.1) is 18.0 Å². The van der Waals surface area contributed by atoms with Gasteiger partial charge in [0.15, 0.2) is 0 Å². The van der Waals surface area contributed by atoms with Crippen LogP contribution in [0.2, 0.25) is 0 Å². The Morgan fingerprint density at radius 1 is 1.48 bits per heavy atom. The molecule has 0 bridgehead atoms. The number of carbonyl (C=O) groups excluding carboxylic acids is 1. The van der Waals surface area contributed by atoms with Gasteiger partial charge in [-0.1, -0.05) is 6.92 Å². The molecule has 0 aliphatic rings. The fraction of sp³-hybridized carbons (Fsp3) is 0.692. The molecule has 0 spiro atoms. The summed E-state index contributed by atoms with van der Waals surface area (Å²) in [7, 11) is 3.03. The zero-order valence-electron chi connectivity index (χ0n) is 13.3. The molecule has 0 aliphatic heterocycles. The lowest BCUT2D eigenvalue weighted by molar-refractivity contribution is -0.384. The van der Waals surface area contributed by atoms with Crippen molar-refractivity contribution in [3.05, 3.63) is 15.8 Å². The van der Waals surface area contributed by atoms with Crippen molar-refractivity contribution in [2.24, 2.45) is 5.92 Å². The summed E-state index contributed by atoms with van der Waals surface area (Å²) < 4.78 is 6.30. The lowest BCUT2D eigenvalue weighted by Gasteiger charge is -2.23. The fourth-order valence-corrected chi connectivity index (χ4v) is 2.23. The number of carbonyl (C=O) groups is 1. The van der Waals surface area contributed by atoms with Crippen LogP contribution in [-0.4, -0.2) is 41.4 Å². The van der Waals surface area contributed by atoms with Crippen LogP contribution in [0.25, 0.3) is 0 Å². The first-order chi connectivity index (χ1) is 9.70. The van der Waals surface area contributed by atoms with Crippen LogP contribution in [0.1, 0.15) is 32.5 Å². The van der Waals surface area contributed by atoms with Crippen molar-refractivity contribution < 1.29 is 14.5 Å². The number of aromatic nitrogens is 2. The minimum absolute atomic E-state index is 0.0247. The van der Waals surface area contributed by atoms with E-state index < -0.39 is 10.8 Å². The fourth-order valence-electron chi connectivity index (χ4n) is 2.23. The minimum Gasteiger partial charge on any atom is -0.469 e. The predicted octanol–water partition coefficient (Wildman–Crippen LogP) is 1.93. The van der Waals surface area contributed by atoms with Gasteiger partial charge in [0.1, 0.15) is 5.69 Å². The number of nitro groups is 1. The van der Waals surface area contributed by atoms with E-state index in [1.165, 1.54) is 7.11 Å². The molecular weight excluding hydrogens is 276 g/mol. The van der Waals surface area contributed by atoms with Crippen molar-refractivity contribution in [1.29, 1.82) is 0 Å². The summed E-state index contributed by atoms with van der Waals surface area (Å²) in [4.78, 5) is 24.1. The smallest absolute Gasteiger partial charge is 0.333 e. The van der Waals surface area contributed by atoms with Crippen molar-refractivity contribution >= 4 is 17.5 Å². The zero-order valence-corrected chi connectivity index (χ0v) is 13.3. The van der Waals surface area contributed by atoms with Gasteiger partial charge >= 0.3 is 11.7 Å². The number of aryl methyl sites for hydroxylation is 1. The van der Waals surface area contributed by atoms with Crippen LogP contribution >= 0.6 is 0 Å². The van der Waals surface area contributed by atoms with Crippen LogP contribution in [0.4, 0.5) is 11.5 Å². The van der Waals surface area contributed by atoms with E-state index in [4.69, 9.17) is 0 Å². The highest BCUT2D eigenvalue weighted by molar-refractivity contribution is 5.73. The predicted molar refractivity (Wildman–Crippen MR) is 78.5 cm³/mol. The zero-order chi connectivity index (χ0) is 16.3. The van der Waals surface area contributed by atoms with Gasteiger partial charge in [0.25, 0.3) is 0 Å². The molecule has 0 aliphatic carbocycles. The average Bonchev–Trinajstić information content (AvgIpc) is 2.75. The van der Waals surface area contributed by atoms with Crippen molar-refractivity contribution in [3.63, 3.8) is 0 Å². The summed E-state index contributed by atoms with van der Waals surface area (Å²) in [5.74, 6) is -0.337. The highest BCUT2D eigenvalue weighted by Gasteiger charge is 2.30. The Morgan fingerprint density at radius 2 is 2.05 bits per heavy atom. The Labute approximate surface area is 123 Å². The minimum atomic E-state index is -0.435. The lowest BCUT2D eigenvalue weighted by atomic mass is 10.1. The van der Waals surface area contributed by atoms with Crippen molar-refractivity contribution in [3.8, 4) is 0 Å². The van der Waals surface area contributed by atoms with Gasteiger partial charge in [-0.2, -0.15) is 5.10 Å². The maximum absolute atomic E-state index is 11.5. The van der Waals surface area contributed by atoms with Crippen LogP contribution < -0.4 is 4.90 Å². The molecular formula is C13H22N4O4. The molecule has 1 aromatic rings. The van der Waals surface area contributed by atoms with Gasteiger partial charge in [-0.15, -0.1) is 0 Å². The maximum atomic E-state index is 11.5. The Kier molecular flexibility index (Phi) is 5.28. The van der Waals surface area contributed by atoms with Crippen LogP contribution in [-0.2, 0) is 9.53 Å². The summed E-state index contributed by atoms with van der Waals surface area (Å²) >= 11 is 0. The van der Waals surface area contributed by atoms with E-state index >= 15 is 0 Å². The Bertz CT molecular complexity index is 539.